The molecule has 1 rings (SSSR count). The smallest absolute Gasteiger partial charge is 0.0175 e. The van der Waals surface area contributed by atoms with Gasteiger partial charge in [0.2, 0.25) is 0 Å². The quantitative estimate of drug-likeness (QED) is 0.820. The molecule has 2 heteroatoms. The Labute approximate surface area is 94.1 Å². The highest BCUT2D eigenvalue weighted by Gasteiger charge is 2.03. The third-order valence-corrected chi connectivity index (χ3v) is 2.55. The van der Waals surface area contributed by atoms with Crippen LogP contribution in [0.15, 0.2) is 40.9 Å². The summed E-state index contributed by atoms with van der Waals surface area (Å²) in [5.41, 5.74) is 8.40. The predicted octanol–water partition coefficient (Wildman–Crippen LogP) is 3.29. The number of hydrogen-bond donors (Lipinski definition) is 1. The standard InChI is InChI=1S/C12H16BrN/c1-9(2)7-12(14)8-10-3-5-11(13)6-4-10/h3-6,12H,1,7-8,14H2,2H3. The van der Waals surface area contributed by atoms with E-state index in [2.05, 4.69) is 34.6 Å². The van der Waals surface area contributed by atoms with Crippen molar-refractivity contribution in [3.63, 3.8) is 0 Å². The van der Waals surface area contributed by atoms with Crippen molar-refractivity contribution in [2.24, 2.45) is 5.73 Å². The molecule has 14 heavy (non-hydrogen) atoms. The molecule has 76 valence electrons. The van der Waals surface area contributed by atoms with E-state index >= 15 is 0 Å². The van der Waals surface area contributed by atoms with Crippen molar-refractivity contribution in [3.8, 4) is 0 Å². The van der Waals surface area contributed by atoms with Crippen LogP contribution >= 0.6 is 15.9 Å². The van der Waals surface area contributed by atoms with E-state index in [0.717, 1.165) is 22.9 Å². The predicted molar refractivity (Wildman–Crippen MR) is 65.3 cm³/mol. The summed E-state index contributed by atoms with van der Waals surface area (Å²) in [4.78, 5) is 0. The van der Waals surface area contributed by atoms with Gasteiger partial charge in [-0.2, -0.15) is 0 Å². The second kappa shape index (κ2) is 5.32. The van der Waals surface area contributed by atoms with Gasteiger partial charge in [-0.25, -0.2) is 0 Å². The average molecular weight is 254 g/mol. The van der Waals surface area contributed by atoms with Gasteiger partial charge in [-0.1, -0.05) is 33.6 Å². The molecule has 0 saturated carbocycles. The van der Waals surface area contributed by atoms with Crippen LogP contribution in [-0.4, -0.2) is 6.04 Å². The van der Waals surface area contributed by atoms with Gasteiger partial charge in [0.25, 0.3) is 0 Å². The average Bonchev–Trinajstić information content (AvgIpc) is 2.07. The van der Waals surface area contributed by atoms with Crippen molar-refractivity contribution in [2.75, 3.05) is 0 Å². The lowest BCUT2D eigenvalue weighted by Crippen LogP contribution is -2.22. The van der Waals surface area contributed by atoms with Gasteiger partial charge in [0, 0.05) is 10.5 Å². The second-order valence-corrected chi connectivity index (χ2v) is 4.67. The van der Waals surface area contributed by atoms with E-state index in [9.17, 15) is 0 Å². The van der Waals surface area contributed by atoms with Gasteiger partial charge in [0.15, 0.2) is 0 Å². The number of hydrogen-bond acceptors (Lipinski definition) is 1. The summed E-state index contributed by atoms with van der Waals surface area (Å²) in [5, 5.41) is 0. The molecule has 1 atom stereocenters. The molecule has 0 heterocycles. The topological polar surface area (TPSA) is 26.0 Å². The Morgan fingerprint density at radius 2 is 2.00 bits per heavy atom. The third kappa shape index (κ3) is 4.07. The van der Waals surface area contributed by atoms with Crippen LogP contribution in [0, 0.1) is 0 Å². The lowest BCUT2D eigenvalue weighted by atomic mass is 10.0. The van der Waals surface area contributed by atoms with Crippen LogP contribution in [0.1, 0.15) is 18.9 Å². The Balaban J connectivity index is 2.51. The zero-order chi connectivity index (χ0) is 10.6. The Hall–Kier alpha value is -0.600. The Morgan fingerprint density at radius 1 is 1.43 bits per heavy atom. The van der Waals surface area contributed by atoms with Crippen molar-refractivity contribution in [1.29, 1.82) is 0 Å². The molecule has 0 spiro atoms. The van der Waals surface area contributed by atoms with Gasteiger partial charge in [-0.15, -0.1) is 6.58 Å². The summed E-state index contributed by atoms with van der Waals surface area (Å²) in [6, 6.07) is 8.48. The lowest BCUT2D eigenvalue weighted by Gasteiger charge is -2.11. The molecular weight excluding hydrogens is 238 g/mol. The lowest BCUT2D eigenvalue weighted by molar-refractivity contribution is 0.661. The molecule has 0 bridgehead atoms. The normalized spacial score (nSPS) is 12.5. The maximum atomic E-state index is 5.97. The maximum absolute atomic E-state index is 5.97. The van der Waals surface area contributed by atoms with Crippen LogP contribution in [0.3, 0.4) is 0 Å². The highest BCUT2D eigenvalue weighted by atomic mass is 79.9. The van der Waals surface area contributed by atoms with E-state index in [1.807, 2.05) is 19.1 Å². The van der Waals surface area contributed by atoms with Gasteiger partial charge >= 0.3 is 0 Å². The maximum Gasteiger partial charge on any atom is 0.0175 e. The minimum Gasteiger partial charge on any atom is -0.327 e. The minimum absolute atomic E-state index is 0.189. The summed E-state index contributed by atoms with van der Waals surface area (Å²) in [6.45, 7) is 5.88. The van der Waals surface area contributed by atoms with E-state index in [1.54, 1.807) is 0 Å². The fourth-order valence-corrected chi connectivity index (χ4v) is 1.71. The van der Waals surface area contributed by atoms with E-state index in [0.29, 0.717) is 0 Å². The Morgan fingerprint density at radius 3 is 2.50 bits per heavy atom. The van der Waals surface area contributed by atoms with Gasteiger partial charge in [-0.3, -0.25) is 0 Å². The van der Waals surface area contributed by atoms with Crippen LogP contribution in [-0.2, 0) is 6.42 Å². The largest absolute Gasteiger partial charge is 0.327 e. The summed E-state index contributed by atoms with van der Waals surface area (Å²) in [7, 11) is 0. The van der Waals surface area contributed by atoms with Gasteiger partial charge in [0.05, 0.1) is 0 Å². The highest BCUT2D eigenvalue weighted by molar-refractivity contribution is 9.10. The molecule has 0 aliphatic heterocycles. The molecule has 1 aromatic rings. The number of halogens is 1. The summed E-state index contributed by atoms with van der Waals surface area (Å²) >= 11 is 3.41. The molecule has 0 amide bonds. The first kappa shape index (κ1) is 11.5. The molecule has 1 nitrogen and oxygen atoms in total. The number of rotatable bonds is 4. The fourth-order valence-electron chi connectivity index (χ4n) is 1.44. The van der Waals surface area contributed by atoms with Crippen molar-refractivity contribution in [1.82, 2.24) is 0 Å². The van der Waals surface area contributed by atoms with Crippen LogP contribution in [0.5, 0.6) is 0 Å². The molecule has 0 fully saturated rings. The summed E-state index contributed by atoms with van der Waals surface area (Å²) in [6.07, 6.45) is 1.82. The summed E-state index contributed by atoms with van der Waals surface area (Å²) < 4.78 is 1.11. The molecule has 0 radical (unpaired) electrons. The van der Waals surface area contributed by atoms with Gasteiger partial charge in [0.1, 0.15) is 0 Å². The van der Waals surface area contributed by atoms with Crippen LogP contribution in [0.2, 0.25) is 0 Å². The zero-order valence-electron chi connectivity index (χ0n) is 8.46. The zero-order valence-corrected chi connectivity index (χ0v) is 10.0. The van der Waals surface area contributed by atoms with Crippen molar-refractivity contribution in [3.05, 3.63) is 46.5 Å². The molecule has 2 N–H and O–H groups in total. The van der Waals surface area contributed by atoms with Gasteiger partial charge < -0.3 is 5.73 Å². The Kier molecular flexibility index (Phi) is 4.36. The molecule has 1 aromatic carbocycles. The first-order valence-electron chi connectivity index (χ1n) is 4.72. The molecule has 0 aliphatic carbocycles. The monoisotopic (exact) mass is 253 g/mol. The molecule has 0 aliphatic rings. The first-order valence-corrected chi connectivity index (χ1v) is 5.51. The third-order valence-electron chi connectivity index (χ3n) is 2.02. The number of benzene rings is 1. The molecule has 0 aromatic heterocycles. The minimum atomic E-state index is 0.189. The van der Waals surface area contributed by atoms with Crippen LogP contribution < -0.4 is 5.73 Å². The van der Waals surface area contributed by atoms with Crippen molar-refractivity contribution < 1.29 is 0 Å². The number of nitrogens with two attached hydrogens (primary N) is 1. The van der Waals surface area contributed by atoms with Gasteiger partial charge in [-0.05, 0) is 37.5 Å². The van der Waals surface area contributed by atoms with E-state index < -0.39 is 0 Å². The Bertz CT molecular complexity index is 303. The molecular formula is C12H16BrN. The first-order chi connectivity index (χ1) is 6.58. The van der Waals surface area contributed by atoms with E-state index in [1.165, 1.54) is 5.56 Å². The molecule has 1 unspecified atom stereocenters. The van der Waals surface area contributed by atoms with Crippen LogP contribution in [0.4, 0.5) is 0 Å². The molecule has 0 saturated heterocycles. The van der Waals surface area contributed by atoms with Crippen LogP contribution in [0.25, 0.3) is 0 Å². The highest BCUT2D eigenvalue weighted by Crippen LogP contribution is 2.13. The SMILES string of the molecule is C=C(C)CC(N)Cc1ccc(Br)cc1. The fraction of sp³-hybridized carbons (Fsp3) is 0.333. The van der Waals surface area contributed by atoms with Crippen molar-refractivity contribution >= 4 is 15.9 Å². The van der Waals surface area contributed by atoms with E-state index in [-0.39, 0.29) is 6.04 Å². The van der Waals surface area contributed by atoms with Crippen molar-refractivity contribution in [2.45, 2.75) is 25.8 Å². The van der Waals surface area contributed by atoms with E-state index in [4.69, 9.17) is 5.73 Å². The summed E-state index contributed by atoms with van der Waals surface area (Å²) in [5.74, 6) is 0. The second-order valence-electron chi connectivity index (χ2n) is 3.75.